The molecule has 2 aromatic heterocycles. The molecule has 0 unspecified atom stereocenters. The van der Waals surface area contributed by atoms with E-state index in [0.717, 1.165) is 28.6 Å². The lowest BCUT2D eigenvalue weighted by Gasteiger charge is -2.02. The first-order valence-corrected chi connectivity index (χ1v) is 7.92. The van der Waals surface area contributed by atoms with E-state index in [0.29, 0.717) is 5.56 Å². The summed E-state index contributed by atoms with van der Waals surface area (Å²) >= 11 is 0. The summed E-state index contributed by atoms with van der Waals surface area (Å²) in [7, 11) is 0. The molecular weight excluding hydrogens is 319 g/mol. The van der Waals surface area contributed by atoms with Gasteiger partial charge in [0.2, 0.25) is 0 Å². The van der Waals surface area contributed by atoms with Crippen molar-refractivity contribution < 1.29 is 4.39 Å². The van der Waals surface area contributed by atoms with Crippen LogP contribution in [-0.2, 0) is 6.54 Å². The quantitative estimate of drug-likeness (QED) is 0.457. The molecule has 0 aliphatic rings. The first-order chi connectivity index (χ1) is 12.3. The van der Waals surface area contributed by atoms with Crippen molar-refractivity contribution in [3.63, 3.8) is 0 Å². The molecule has 1 N–H and O–H groups in total. The van der Waals surface area contributed by atoms with Gasteiger partial charge in [-0.3, -0.25) is 0 Å². The van der Waals surface area contributed by atoms with Gasteiger partial charge in [-0.15, -0.1) is 10.2 Å². The number of nitrogens with one attached hydrogen (secondary N) is 1. The largest absolute Gasteiger partial charge is 0.324 e. The van der Waals surface area contributed by atoms with Crippen LogP contribution in [0.1, 0.15) is 12.5 Å². The molecule has 0 fully saturated rings. The van der Waals surface area contributed by atoms with Crippen molar-refractivity contribution in [1.82, 2.24) is 19.7 Å². The van der Waals surface area contributed by atoms with Gasteiger partial charge in [-0.2, -0.15) is 10.1 Å². The highest BCUT2D eigenvalue weighted by Gasteiger charge is 2.13. The number of hydrogen-bond acceptors (Lipinski definition) is 5. The lowest BCUT2D eigenvalue weighted by atomic mass is 10.2. The minimum atomic E-state index is -0.309. The maximum atomic E-state index is 13.2. The normalized spacial score (nSPS) is 11.6. The van der Waals surface area contributed by atoms with E-state index in [4.69, 9.17) is 0 Å². The van der Waals surface area contributed by atoms with Gasteiger partial charge < -0.3 is 4.57 Å². The summed E-state index contributed by atoms with van der Waals surface area (Å²) in [6.45, 7) is 2.83. The van der Waals surface area contributed by atoms with Crippen molar-refractivity contribution in [2.24, 2.45) is 5.10 Å². The molecule has 0 radical (unpaired) electrons. The molecule has 0 bridgehead atoms. The molecule has 25 heavy (non-hydrogen) atoms. The smallest absolute Gasteiger partial charge is 0.265 e. The van der Waals surface area contributed by atoms with Gasteiger partial charge in [-0.1, -0.05) is 30.3 Å². The summed E-state index contributed by atoms with van der Waals surface area (Å²) in [5.41, 5.74) is 5.98. The number of aryl methyl sites for hydroxylation is 1. The summed E-state index contributed by atoms with van der Waals surface area (Å²) in [5, 5.41) is 13.4. The first-order valence-electron chi connectivity index (χ1n) is 7.92. The molecule has 2 aromatic carbocycles. The molecule has 0 aliphatic heterocycles. The number of aromatic nitrogens is 4. The van der Waals surface area contributed by atoms with Gasteiger partial charge in [0.25, 0.3) is 5.95 Å². The minimum Gasteiger partial charge on any atom is -0.324 e. The summed E-state index contributed by atoms with van der Waals surface area (Å²) in [4.78, 5) is 4.52. The number of halogens is 1. The molecule has 7 heteroatoms. The second kappa shape index (κ2) is 6.27. The average molecular weight is 334 g/mol. The number of rotatable bonds is 4. The standard InChI is InChI=1S/C18H15FN6/c1-2-25-15-9-4-3-8-14(15)16-17(25)21-18(24-22-16)23-20-11-12-6-5-7-13(19)10-12/h3-11H,2H2,1H3,(H,21,23,24)/b20-11+. The fourth-order valence-corrected chi connectivity index (χ4v) is 2.82. The third kappa shape index (κ3) is 2.80. The van der Waals surface area contributed by atoms with Crippen LogP contribution in [-0.4, -0.2) is 26.0 Å². The van der Waals surface area contributed by atoms with Gasteiger partial charge in [0.1, 0.15) is 11.3 Å². The lowest BCUT2D eigenvalue weighted by molar-refractivity contribution is 0.627. The van der Waals surface area contributed by atoms with Crippen molar-refractivity contribution >= 4 is 34.2 Å². The summed E-state index contributed by atoms with van der Waals surface area (Å²) in [5.74, 6) is -0.0200. The summed E-state index contributed by atoms with van der Waals surface area (Å²) in [6.07, 6.45) is 1.51. The Morgan fingerprint density at radius 1 is 1.16 bits per heavy atom. The van der Waals surface area contributed by atoms with Gasteiger partial charge in [-0.05, 0) is 30.7 Å². The summed E-state index contributed by atoms with van der Waals surface area (Å²) in [6, 6.07) is 14.2. The molecule has 2 heterocycles. The van der Waals surface area contributed by atoms with Gasteiger partial charge in [0.05, 0.1) is 11.7 Å². The van der Waals surface area contributed by atoms with E-state index in [9.17, 15) is 4.39 Å². The molecule has 4 rings (SSSR count). The Hall–Kier alpha value is -3.35. The van der Waals surface area contributed by atoms with Crippen molar-refractivity contribution in [1.29, 1.82) is 0 Å². The Kier molecular flexibility index (Phi) is 3.81. The van der Waals surface area contributed by atoms with E-state index in [1.807, 2.05) is 24.3 Å². The predicted molar refractivity (Wildman–Crippen MR) is 96.1 cm³/mol. The van der Waals surface area contributed by atoms with E-state index < -0.39 is 0 Å². The predicted octanol–water partition coefficient (Wildman–Crippen LogP) is 3.58. The molecule has 6 nitrogen and oxygen atoms in total. The van der Waals surface area contributed by atoms with E-state index in [1.165, 1.54) is 18.3 Å². The zero-order chi connectivity index (χ0) is 17.2. The molecule has 0 aliphatic carbocycles. The van der Waals surface area contributed by atoms with E-state index >= 15 is 0 Å². The fourth-order valence-electron chi connectivity index (χ4n) is 2.82. The number of fused-ring (bicyclic) bond motifs is 3. The Balaban J connectivity index is 1.68. The molecule has 0 spiro atoms. The summed E-state index contributed by atoms with van der Waals surface area (Å²) < 4.78 is 15.2. The Labute approximate surface area is 143 Å². The maximum Gasteiger partial charge on any atom is 0.265 e. The van der Waals surface area contributed by atoms with Gasteiger partial charge >= 0.3 is 0 Å². The number of hydrogen-bond donors (Lipinski definition) is 1. The van der Waals surface area contributed by atoms with Crippen LogP contribution in [0.25, 0.3) is 22.1 Å². The molecule has 4 aromatic rings. The van der Waals surface area contributed by atoms with Crippen LogP contribution >= 0.6 is 0 Å². The topological polar surface area (TPSA) is 68.0 Å². The number of hydrazone groups is 1. The van der Waals surface area contributed by atoms with Crippen LogP contribution in [0.2, 0.25) is 0 Å². The lowest BCUT2D eigenvalue weighted by Crippen LogP contribution is -2.02. The second-order valence-electron chi connectivity index (χ2n) is 5.49. The van der Waals surface area contributed by atoms with Crippen LogP contribution in [0.4, 0.5) is 10.3 Å². The SMILES string of the molecule is CCn1c2ccccc2c2nnc(N/N=C/c3cccc(F)c3)nc21. The molecule has 0 saturated carbocycles. The fraction of sp³-hybridized carbons (Fsp3) is 0.111. The van der Waals surface area contributed by atoms with Crippen molar-refractivity contribution in [2.45, 2.75) is 13.5 Å². The van der Waals surface area contributed by atoms with E-state index in [-0.39, 0.29) is 11.8 Å². The molecule has 0 atom stereocenters. The van der Waals surface area contributed by atoms with Gasteiger partial charge in [-0.25, -0.2) is 9.82 Å². The zero-order valence-electron chi connectivity index (χ0n) is 13.5. The highest BCUT2D eigenvalue weighted by Crippen LogP contribution is 2.25. The van der Waals surface area contributed by atoms with Crippen LogP contribution in [0.3, 0.4) is 0 Å². The molecule has 0 amide bonds. The van der Waals surface area contributed by atoms with Crippen molar-refractivity contribution in [3.8, 4) is 0 Å². The van der Waals surface area contributed by atoms with Gasteiger partial charge in [0, 0.05) is 11.9 Å². The minimum absolute atomic E-state index is 0.289. The van der Waals surface area contributed by atoms with Crippen LogP contribution in [0.15, 0.2) is 53.6 Å². The number of benzene rings is 2. The maximum absolute atomic E-state index is 13.2. The Bertz CT molecular complexity index is 1090. The van der Waals surface area contributed by atoms with Gasteiger partial charge in [0.15, 0.2) is 5.65 Å². The zero-order valence-corrected chi connectivity index (χ0v) is 13.5. The first kappa shape index (κ1) is 15.2. The average Bonchev–Trinajstić information content (AvgIpc) is 2.95. The van der Waals surface area contributed by atoms with Crippen LogP contribution in [0.5, 0.6) is 0 Å². The van der Waals surface area contributed by atoms with Crippen LogP contribution in [0, 0.1) is 5.82 Å². The van der Waals surface area contributed by atoms with E-state index in [1.54, 1.807) is 12.1 Å². The number of nitrogens with zero attached hydrogens (tertiary/aromatic N) is 5. The van der Waals surface area contributed by atoms with E-state index in [2.05, 4.69) is 37.2 Å². The third-order valence-electron chi connectivity index (χ3n) is 3.92. The Morgan fingerprint density at radius 3 is 2.88 bits per heavy atom. The number of anilines is 1. The van der Waals surface area contributed by atoms with Crippen molar-refractivity contribution in [3.05, 3.63) is 59.9 Å². The highest BCUT2D eigenvalue weighted by molar-refractivity contribution is 6.04. The number of para-hydroxylation sites is 1. The van der Waals surface area contributed by atoms with Crippen molar-refractivity contribution in [2.75, 3.05) is 5.43 Å². The third-order valence-corrected chi connectivity index (χ3v) is 3.92. The second-order valence-corrected chi connectivity index (χ2v) is 5.49. The molecule has 124 valence electrons. The highest BCUT2D eigenvalue weighted by atomic mass is 19.1. The molecular formula is C18H15FN6. The van der Waals surface area contributed by atoms with Crippen LogP contribution < -0.4 is 5.43 Å². The molecule has 0 saturated heterocycles. The Morgan fingerprint density at radius 2 is 2.04 bits per heavy atom. The monoisotopic (exact) mass is 334 g/mol.